The number of methoxy groups -OCH3 is 1. The maximum Gasteiger partial charge on any atom is 0.407 e. The third-order valence-corrected chi connectivity index (χ3v) is 8.20. The first-order chi connectivity index (χ1) is 18.9. The Labute approximate surface area is 238 Å². The highest BCUT2D eigenvalue weighted by atomic mass is 32.1. The molecule has 4 unspecified atom stereocenters. The van der Waals surface area contributed by atoms with Gasteiger partial charge in [0.15, 0.2) is 5.69 Å². The molecule has 12 heteroatoms. The van der Waals surface area contributed by atoms with Crippen LogP contribution >= 0.6 is 11.3 Å². The van der Waals surface area contributed by atoms with Crippen LogP contribution < -0.4 is 5.32 Å². The van der Waals surface area contributed by atoms with Crippen molar-refractivity contribution >= 4 is 35.2 Å². The Morgan fingerprint density at radius 3 is 2.35 bits per heavy atom. The molecule has 2 bridgehead atoms. The normalized spacial score (nSPS) is 24.9. The van der Waals surface area contributed by atoms with Gasteiger partial charge in [0.25, 0.3) is 0 Å². The van der Waals surface area contributed by atoms with E-state index in [0.717, 1.165) is 0 Å². The number of imide groups is 1. The molecule has 2 saturated heterocycles. The van der Waals surface area contributed by atoms with Crippen LogP contribution in [-0.2, 0) is 28.5 Å². The molecule has 3 aliphatic heterocycles. The van der Waals surface area contributed by atoms with E-state index < -0.39 is 35.6 Å². The van der Waals surface area contributed by atoms with Crippen LogP contribution in [0, 0.1) is 17.8 Å². The molecule has 0 saturated carbocycles. The molecular formula is C28H39N3O8S. The maximum atomic E-state index is 12.9. The molecule has 4 heterocycles. The van der Waals surface area contributed by atoms with Gasteiger partial charge in [-0.2, -0.15) is 0 Å². The van der Waals surface area contributed by atoms with Crippen LogP contribution in [0.5, 0.6) is 0 Å². The number of alkyl carbamates (subject to hydrolysis) is 1. The minimum atomic E-state index is -0.633. The van der Waals surface area contributed by atoms with Crippen molar-refractivity contribution in [2.75, 3.05) is 20.3 Å². The summed E-state index contributed by atoms with van der Waals surface area (Å²) in [5.74, 6) is -1.58. The fourth-order valence-electron chi connectivity index (χ4n) is 5.24. The van der Waals surface area contributed by atoms with Crippen molar-refractivity contribution in [3.05, 3.63) is 28.2 Å². The minimum Gasteiger partial charge on any atom is -0.464 e. The molecule has 220 valence electrons. The number of unbranched alkanes of at least 4 members (excludes halogenated alkanes) is 1. The van der Waals surface area contributed by atoms with E-state index in [2.05, 4.69) is 10.3 Å². The summed E-state index contributed by atoms with van der Waals surface area (Å²) in [4.78, 5) is 56.0. The highest BCUT2D eigenvalue weighted by molar-refractivity contribution is 7.09. The Kier molecular flexibility index (Phi) is 9.31. The summed E-state index contributed by atoms with van der Waals surface area (Å²) in [6.45, 7) is 10.1. The molecule has 6 atom stereocenters. The average Bonchev–Trinajstić information content (AvgIpc) is 3.66. The lowest BCUT2D eigenvalue weighted by Crippen LogP contribution is -2.42. The number of thiazole rings is 1. The van der Waals surface area contributed by atoms with E-state index in [1.165, 1.54) is 23.3 Å². The number of likely N-dealkylation sites (tertiary alicyclic amines) is 1. The van der Waals surface area contributed by atoms with E-state index in [0.29, 0.717) is 37.4 Å². The zero-order valence-corrected chi connectivity index (χ0v) is 24.7. The Bertz CT molecular complexity index is 1110. The fourth-order valence-corrected chi connectivity index (χ4v) is 6.09. The quantitative estimate of drug-likeness (QED) is 0.171. The van der Waals surface area contributed by atoms with Gasteiger partial charge < -0.3 is 24.3 Å². The van der Waals surface area contributed by atoms with Crippen LogP contribution in [0.3, 0.4) is 0 Å². The van der Waals surface area contributed by atoms with Gasteiger partial charge in [-0.25, -0.2) is 14.6 Å². The van der Waals surface area contributed by atoms with Crippen molar-refractivity contribution in [3.63, 3.8) is 0 Å². The topological polar surface area (TPSA) is 133 Å². The standard InChI is InChI=1S/C28H39N3O8S/c1-15(2)16(30-27(35)39-28(3,4)5)13-20(23-29-17(14-40-23)26(34)36-6)37-12-8-7-11-31-24(32)21-18-9-10-19(38-18)22(21)25(31)33/h9-10,14-16,18-22H,7-8,11-13H2,1-6H3,(H,30,35)/t16-,18?,19?,20-,21?,22?/m1/s1. The number of nitrogens with one attached hydrogen (secondary N) is 1. The van der Waals surface area contributed by atoms with Gasteiger partial charge in [-0.15, -0.1) is 11.3 Å². The van der Waals surface area contributed by atoms with Gasteiger partial charge in [0, 0.05) is 31.0 Å². The summed E-state index contributed by atoms with van der Waals surface area (Å²) >= 11 is 1.29. The Balaban J connectivity index is 1.35. The lowest BCUT2D eigenvalue weighted by Gasteiger charge is -2.28. The molecule has 0 radical (unpaired) electrons. The second-order valence-corrected chi connectivity index (χ2v) is 12.6. The Morgan fingerprint density at radius 1 is 1.12 bits per heavy atom. The van der Waals surface area contributed by atoms with E-state index in [1.54, 1.807) is 26.2 Å². The second-order valence-electron chi connectivity index (χ2n) is 11.7. The van der Waals surface area contributed by atoms with E-state index in [1.807, 2.05) is 26.0 Å². The van der Waals surface area contributed by atoms with Crippen molar-refractivity contribution in [2.45, 2.75) is 83.8 Å². The van der Waals surface area contributed by atoms with Crippen molar-refractivity contribution in [3.8, 4) is 0 Å². The van der Waals surface area contributed by atoms with Crippen molar-refractivity contribution in [1.82, 2.24) is 15.2 Å². The summed E-state index contributed by atoms with van der Waals surface area (Å²) < 4.78 is 22.2. The molecule has 1 N–H and O–H groups in total. The molecule has 1 aromatic rings. The number of carbonyl (C=O) groups is 4. The largest absolute Gasteiger partial charge is 0.464 e. The summed E-state index contributed by atoms with van der Waals surface area (Å²) in [7, 11) is 1.30. The van der Waals surface area contributed by atoms with Crippen LogP contribution in [0.25, 0.3) is 0 Å². The number of nitrogens with zero attached hydrogens (tertiary/aromatic N) is 2. The monoisotopic (exact) mass is 577 g/mol. The van der Waals surface area contributed by atoms with Gasteiger partial charge in [0.1, 0.15) is 16.7 Å². The van der Waals surface area contributed by atoms with Crippen LogP contribution in [0.15, 0.2) is 17.5 Å². The molecule has 0 aromatic carbocycles. The maximum absolute atomic E-state index is 12.9. The Hall–Kier alpha value is -2.83. The highest BCUT2D eigenvalue weighted by Crippen LogP contribution is 2.45. The van der Waals surface area contributed by atoms with Gasteiger partial charge in [0.05, 0.1) is 31.2 Å². The summed E-state index contributed by atoms with van der Waals surface area (Å²) in [6, 6.07) is -0.282. The highest BCUT2D eigenvalue weighted by Gasteiger charge is 2.60. The molecule has 4 rings (SSSR count). The molecule has 0 aliphatic carbocycles. The predicted octanol–water partition coefficient (Wildman–Crippen LogP) is 3.65. The van der Waals surface area contributed by atoms with E-state index in [9.17, 15) is 19.2 Å². The Morgan fingerprint density at radius 2 is 1.77 bits per heavy atom. The van der Waals surface area contributed by atoms with Crippen molar-refractivity contribution in [1.29, 1.82) is 0 Å². The summed E-state index contributed by atoms with van der Waals surface area (Å²) in [6.07, 6.45) is 3.74. The van der Waals surface area contributed by atoms with E-state index in [-0.39, 0.29) is 41.7 Å². The number of carbonyl (C=O) groups excluding carboxylic acids is 4. The molecule has 3 amide bonds. The number of amides is 3. The van der Waals surface area contributed by atoms with Crippen LogP contribution in [0.4, 0.5) is 4.79 Å². The smallest absolute Gasteiger partial charge is 0.407 e. The number of rotatable bonds is 12. The number of esters is 1. The SMILES string of the molecule is COC(=O)c1csc([C@@H](C[C@@H](NC(=O)OC(C)(C)C)C(C)C)OCCCCN2C(=O)C3C4C=CC(O4)C3C2=O)n1. The summed E-state index contributed by atoms with van der Waals surface area (Å²) in [5.41, 5.74) is -0.437. The van der Waals surface area contributed by atoms with Crippen molar-refractivity contribution in [2.24, 2.45) is 17.8 Å². The fraction of sp³-hybridized carbons (Fsp3) is 0.679. The number of aromatic nitrogens is 1. The first kappa shape index (κ1) is 30.1. The molecule has 2 fully saturated rings. The summed E-state index contributed by atoms with van der Waals surface area (Å²) in [5, 5.41) is 5.16. The third-order valence-electron chi connectivity index (χ3n) is 7.26. The lowest BCUT2D eigenvalue weighted by molar-refractivity contribution is -0.142. The zero-order valence-electron chi connectivity index (χ0n) is 23.9. The number of ether oxygens (including phenoxy) is 4. The zero-order chi connectivity index (χ0) is 29.2. The van der Waals surface area contributed by atoms with Gasteiger partial charge in [0.2, 0.25) is 11.8 Å². The van der Waals surface area contributed by atoms with Crippen molar-refractivity contribution < 1.29 is 38.1 Å². The molecule has 40 heavy (non-hydrogen) atoms. The van der Waals surface area contributed by atoms with Crippen LogP contribution in [0.2, 0.25) is 0 Å². The van der Waals surface area contributed by atoms with Gasteiger partial charge in [-0.05, 0) is 39.5 Å². The van der Waals surface area contributed by atoms with Crippen LogP contribution in [0.1, 0.15) is 75.5 Å². The lowest BCUT2D eigenvalue weighted by atomic mass is 9.85. The minimum absolute atomic E-state index is 0.0686. The van der Waals surface area contributed by atoms with Gasteiger partial charge >= 0.3 is 12.1 Å². The first-order valence-electron chi connectivity index (χ1n) is 13.7. The third kappa shape index (κ3) is 6.72. The molecule has 3 aliphatic rings. The van der Waals surface area contributed by atoms with E-state index in [4.69, 9.17) is 18.9 Å². The molecule has 1 aromatic heterocycles. The molecular weight excluding hydrogens is 538 g/mol. The van der Waals surface area contributed by atoms with Gasteiger partial charge in [-0.1, -0.05) is 26.0 Å². The average molecular weight is 578 g/mol. The first-order valence-corrected chi connectivity index (χ1v) is 14.6. The van der Waals surface area contributed by atoms with Gasteiger partial charge in [-0.3, -0.25) is 14.5 Å². The predicted molar refractivity (Wildman–Crippen MR) is 145 cm³/mol. The second kappa shape index (κ2) is 12.4. The molecule has 0 spiro atoms. The number of fused-ring (bicyclic) bond motifs is 5. The van der Waals surface area contributed by atoms with E-state index >= 15 is 0 Å². The number of hydrogen-bond acceptors (Lipinski definition) is 10. The van der Waals surface area contributed by atoms with Crippen LogP contribution in [-0.4, -0.2) is 77.9 Å². The molecule has 11 nitrogen and oxygen atoms in total. The number of hydrogen-bond donors (Lipinski definition) is 1.